The van der Waals surface area contributed by atoms with E-state index in [-0.39, 0.29) is 31.8 Å². The van der Waals surface area contributed by atoms with Crippen LogP contribution in [0.25, 0.3) is 0 Å². The predicted octanol–water partition coefficient (Wildman–Crippen LogP) is -3.14. The topological polar surface area (TPSA) is 272 Å². The monoisotopic (exact) mass is 519 g/mol. The number of guanidine groups is 1. The number of carbonyl (C=O) groups is 4. The SMILES string of the molecule is CC(NC(=O)C(N)Cc1cnc[nH]1)C(=O)NC(Cc1cnc[nH]1)C(=O)NC(CCCN=C(N)N)C(=O)O. The summed E-state index contributed by atoms with van der Waals surface area (Å²) in [6, 6.07) is -4.37. The molecule has 4 atom stereocenters. The Morgan fingerprint density at radius 3 is 2.08 bits per heavy atom. The highest BCUT2D eigenvalue weighted by molar-refractivity contribution is 5.94. The molecule has 0 aliphatic rings. The largest absolute Gasteiger partial charge is 0.480 e. The molecule has 2 heterocycles. The van der Waals surface area contributed by atoms with E-state index in [0.717, 1.165) is 0 Å². The third-order valence-electron chi connectivity index (χ3n) is 5.26. The number of imidazole rings is 2. The maximum Gasteiger partial charge on any atom is 0.326 e. The zero-order valence-corrected chi connectivity index (χ0v) is 20.3. The van der Waals surface area contributed by atoms with Crippen LogP contribution in [0, 0.1) is 0 Å². The number of amides is 3. The molecule has 0 bridgehead atoms. The minimum Gasteiger partial charge on any atom is -0.480 e. The van der Waals surface area contributed by atoms with Crippen molar-refractivity contribution in [2.45, 2.75) is 56.8 Å². The summed E-state index contributed by atoms with van der Waals surface area (Å²) in [6.07, 6.45) is 6.41. The van der Waals surface area contributed by atoms with Gasteiger partial charge in [0.1, 0.15) is 18.1 Å². The number of nitrogens with zero attached hydrogens (tertiary/aromatic N) is 3. The Kier molecular flexibility index (Phi) is 11.0. The van der Waals surface area contributed by atoms with Gasteiger partial charge in [0.05, 0.1) is 18.7 Å². The van der Waals surface area contributed by atoms with Crippen molar-refractivity contribution in [1.29, 1.82) is 0 Å². The minimum absolute atomic E-state index is 0.00207. The number of carbonyl (C=O) groups excluding carboxylic acids is 3. The molecule has 2 aromatic heterocycles. The van der Waals surface area contributed by atoms with Gasteiger partial charge < -0.3 is 48.2 Å². The normalized spacial score (nSPS) is 14.0. The molecule has 4 unspecified atom stereocenters. The van der Waals surface area contributed by atoms with Crippen LogP contribution in [0.3, 0.4) is 0 Å². The number of aliphatic imine (C=N–C) groups is 1. The first-order valence-electron chi connectivity index (χ1n) is 11.5. The molecule has 0 fully saturated rings. The number of hydrogen-bond donors (Lipinski definition) is 9. The van der Waals surface area contributed by atoms with E-state index >= 15 is 0 Å². The van der Waals surface area contributed by atoms with Crippen molar-refractivity contribution in [1.82, 2.24) is 35.9 Å². The van der Waals surface area contributed by atoms with Crippen molar-refractivity contribution in [3.63, 3.8) is 0 Å². The number of nitrogens with one attached hydrogen (secondary N) is 5. The van der Waals surface area contributed by atoms with E-state index in [1.165, 1.54) is 32.0 Å². The first-order valence-corrected chi connectivity index (χ1v) is 11.5. The van der Waals surface area contributed by atoms with Gasteiger partial charge >= 0.3 is 5.97 Å². The van der Waals surface area contributed by atoms with Gasteiger partial charge in [-0.05, 0) is 19.8 Å². The van der Waals surface area contributed by atoms with Gasteiger partial charge in [-0.25, -0.2) is 14.8 Å². The van der Waals surface area contributed by atoms with Gasteiger partial charge in [-0.2, -0.15) is 0 Å². The van der Waals surface area contributed by atoms with Gasteiger partial charge in [-0.15, -0.1) is 0 Å². The second kappa shape index (κ2) is 14.2. The molecule has 0 aliphatic heterocycles. The molecule has 2 aromatic rings. The van der Waals surface area contributed by atoms with Gasteiger partial charge in [-0.1, -0.05) is 0 Å². The number of nitrogens with two attached hydrogens (primary N) is 3. The number of carboxylic acids is 1. The molecule has 0 aromatic carbocycles. The lowest BCUT2D eigenvalue weighted by molar-refractivity contribution is -0.142. The molecule has 2 rings (SSSR count). The number of aromatic nitrogens is 4. The molecule has 0 spiro atoms. The first-order chi connectivity index (χ1) is 17.6. The number of aliphatic carboxylic acids is 1. The highest BCUT2D eigenvalue weighted by Crippen LogP contribution is 2.04. The first kappa shape index (κ1) is 28.8. The Hall–Kier alpha value is -4.47. The lowest BCUT2D eigenvalue weighted by Crippen LogP contribution is -2.57. The van der Waals surface area contributed by atoms with E-state index in [9.17, 15) is 24.3 Å². The van der Waals surface area contributed by atoms with E-state index in [1.54, 1.807) is 0 Å². The summed E-state index contributed by atoms with van der Waals surface area (Å²) in [5.74, 6) is -3.34. The Balaban J connectivity index is 2.01. The van der Waals surface area contributed by atoms with E-state index in [2.05, 4.69) is 40.9 Å². The maximum atomic E-state index is 13.0. The molecular weight excluding hydrogens is 486 g/mol. The maximum absolute atomic E-state index is 13.0. The molecule has 0 saturated carbocycles. The van der Waals surface area contributed by atoms with Gasteiger partial charge in [-0.3, -0.25) is 19.4 Å². The number of carboxylic acid groups (broad SMARTS) is 1. The Morgan fingerprint density at radius 2 is 1.54 bits per heavy atom. The van der Waals surface area contributed by atoms with Crippen molar-refractivity contribution in [3.8, 4) is 0 Å². The summed E-state index contributed by atoms with van der Waals surface area (Å²) >= 11 is 0. The highest BCUT2D eigenvalue weighted by Gasteiger charge is 2.29. The molecule has 16 heteroatoms. The van der Waals surface area contributed by atoms with Gasteiger partial charge in [0.25, 0.3) is 0 Å². The van der Waals surface area contributed by atoms with Crippen LogP contribution in [-0.2, 0) is 32.0 Å². The minimum atomic E-state index is -1.25. The van der Waals surface area contributed by atoms with Crippen molar-refractivity contribution in [2.24, 2.45) is 22.2 Å². The summed E-state index contributed by atoms with van der Waals surface area (Å²) in [7, 11) is 0. The van der Waals surface area contributed by atoms with Gasteiger partial charge in [0.2, 0.25) is 17.7 Å². The Labute approximate surface area is 212 Å². The molecule has 12 N–H and O–H groups in total. The Bertz CT molecular complexity index is 1050. The highest BCUT2D eigenvalue weighted by atomic mass is 16.4. The van der Waals surface area contributed by atoms with Crippen molar-refractivity contribution >= 4 is 29.7 Å². The van der Waals surface area contributed by atoms with Crippen LogP contribution in [0.4, 0.5) is 0 Å². The number of aromatic amines is 2. The fraction of sp³-hybridized carbons (Fsp3) is 0.476. The molecular formula is C21H33N11O5. The smallest absolute Gasteiger partial charge is 0.326 e. The third kappa shape index (κ3) is 9.96. The lowest BCUT2D eigenvalue weighted by Gasteiger charge is -2.23. The lowest BCUT2D eigenvalue weighted by atomic mass is 10.1. The summed E-state index contributed by atoms with van der Waals surface area (Å²) in [4.78, 5) is 67.1. The predicted molar refractivity (Wildman–Crippen MR) is 132 cm³/mol. The van der Waals surface area contributed by atoms with Crippen molar-refractivity contribution in [3.05, 3.63) is 36.4 Å². The van der Waals surface area contributed by atoms with Crippen LogP contribution in [-0.4, -0.2) is 85.4 Å². The Morgan fingerprint density at radius 1 is 0.946 bits per heavy atom. The zero-order chi connectivity index (χ0) is 27.4. The number of hydrogen-bond acceptors (Lipinski definition) is 8. The quantitative estimate of drug-likeness (QED) is 0.0647. The number of H-pyrrole nitrogens is 2. The van der Waals surface area contributed by atoms with E-state index in [4.69, 9.17) is 17.2 Å². The molecule has 3 amide bonds. The summed E-state index contributed by atoms with van der Waals surface area (Å²) < 4.78 is 0. The van der Waals surface area contributed by atoms with Crippen LogP contribution < -0.4 is 33.2 Å². The second-order valence-corrected chi connectivity index (χ2v) is 8.31. The van der Waals surface area contributed by atoms with E-state index < -0.39 is 47.9 Å². The van der Waals surface area contributed by atoms with E-state index in [1.807, 2.05) is 0 Å². The van der Waals surface area contributed by atoms with Crippen LogP contribution >= 0.6 is 0 Å². The molecule has 0 aliphatic carbocycles. The molecule has 0 radical (unpaired) electrons. The fourth-order valence-electron chi connectivity index (χ4n) is 3.27. The van der Waals surface area contributed by atoms with E-state index in [0.29, 0.717) is 17.8 Å². The standard InChI is InChI=1S/C21H33N11O5/c1-11(30-18(34)14(22)5-12-7-25-9-28-12)17(33)32-16(6-13-8-26-10-29-13)19(35)31-15(20(36)37)3-2-4-27-21(23)24/h7-11,14-16H,2-6,22H2,1H3,(H,25,28)(H,26,29)(H,30,34)(H,31,35)(H,32,33)(H,36,37)(H4,23,24,27). The van der Waals surface area contributed by atoms with Crippen LogP contribution in [0.5, 0.6) is 0 Å². The average molecular weight is 520 g/mol. The molecule has 16 nitrogen and oxygen atoms in total. The van der Waals surface area contributed by atoms with Crippen molar-refractivity contribution in [2.75, 3.05) is 6.54 Å². The van der Waals surface area contributed by atoms with Crippen LogP contribution in [0.2, 0.25) is 0 Å². The average Bonchev–Trinajstić information content (AvgIpc) is 3.54. The fourth-order valence-corrected chi connectivity index (χ4v) is 3.27. The van der Waals surface area contributed by atoms with Crippen LogP contribution in [0.15, 0.2) is 30.0 Å². The summed E-state index contributed by atoms with van der Waals surface area (Å²) in [5.41, 5.74) is 17.6. The van der Waals surface area contributed by atoms with Crippen molar-refractivity contribution < 1.29 is 24.3 Å². The summed E-state index contributed by atoms with van der Waals surface area (Å²) in [6.45, 7) is 1.63. The third-order valence-corrected chi connectivity index (χ3v) is 5.26. The van der Waals surface area contributed by atoms with Crippen LogP contribution in [0.1, 0.15) is 31.2 Å². The second-order valence-electron chi connectivity index (χ2n) is 8.31. The molecule has 0 saturated heterocycles. The van der Waals surface area contributed by atoms with Gasteiger partial charge in [0, 0.05) is 43.2 Å². The molecule has 37 heavy (non-hydrogen) atoms. The van der Waals surface area contributed by atoms with Gasteiger partial charge in [0.15, 0.2) is 5.96 Å². The summed E-state index contributed by atoms with van der Waals surface area (Å²) in [5, 5.41) is 17.0. The zero-order valence-electron chi connectivity index (χ0n) is 20.3. The molecule has 202 valence electrons. The number of rotatable bonds is 15.